The summed E-state index contributed by atoms with van der Waals surface area (Å²) in [5.41, 5.74) is 2.82. The minimum absolute atomic E-state index is 0.0305. The molecule has 2 N–H and O–H groups in total. The van der Waals surface area contributed by atoms with Gasteiger partial charge in [0.05, 0.1) is 5.75 Å². The van der Waals surface area contributed by atoms with Crippen LogP contribution in [0.3, 0.4) is 0 Å². The van der Waals surface area contributed by atoms with Crippen molar-refractivity contribution < 1.29 is 12.8 Å². The van der Waals surface area contributed by atoms with Crippen LogP contribution in [0.15, 0.2) is 53.5 Å². The second-order valence-corrected chi connectivity index (χ2v) is 9.06. The maximum atomic E-state index is 13.1. The standard InChI is InChI=1S/C21H28FN5O2S/c1-23-21(25-15-17-3-5-18(6-4-17)16-30(28,29)24-2)27-13-11-26(12-14-27)20-9-7-19(22)8-10-20/h3-10,24H,11-16H2,1-2H3,(H,23,25). The Hall–Kier alpha value is -2.65. The number of aliphatic imine (C=N–C) groups is 1. The summed E-state index contributed by atoms with van der Waals surface area (Å²) >= 11 is 0. The van der Waals surface area contributed by atoms with E-state index in [0.29, 0.717) is 6.54 Å². The zero-order chi connectivity index (χ0) is 21.6. The van der Waals surface area contributed by atoms with E-state index in [9.17, 15) is 12.8 Å². The van der Waals surface area contributed by atoms with Crippen LogP contribution in [0.4, 0.5) is 10.1 Å². The molecule has 1 aliphatic rings. The summed E-state index contributed by atoms with van der Waals surface area (Å²) in [5, 5.41) is 3.37. The fraction of sp³-hybridized carbons (Fsp3) is 0.381. The monoisotopic (exact) mass is 433 g/mol. The van der Waals surface area contributed by atoms with E-state index in [4.69, 9.17) is 0 Å². The zero-order valence-corrected chi connectivity index (χ0v) is 18.1. The molecule has 7 nitrogen and oxygen atoms in total. The van der Waals surface area contributed by atoms with Gasteiger partial charge in [0.15, 0.2) is 5.96 Å². The van der Waals surface area contributed by atoms with Crippen LogP contribution >= 0.6 is 0 Å². The number of nitrogens with one attached hydrogen (secondary N) is 2. The molecule has 1 fully saturated rings. The normalized spacial score (nSPS) is 15.4. The van der Waals surface area contributed by atoms with Gasteiger partial charge in [-0.2, -0.15) is 0 Å². The van der Waals surface area contributed by atoms with Crippen molar-refractivity contribution in [3.05, 3.63) is 65.5 Å². The number of nitrogens with zero attached hydrogens (tertiary/aromatic N) is 3. The number of sulfonamides is 1. The molecule has 0 aromatic heterocycles. The summed E-state index contributed by atoms with van der Waals surface area (Å²) in [6.07, 6.45) is 0. The lowest BCUT2D eigenvalue weighted by Gasteiger charge is -2.37. The van der Waals surface area contributed by atoms with Crippen LogP contribution in [0.25, 0.3) is 0 Å². The largest absolute Gasteiger partial charge is 0.368 e. The molecule has 3 rings (SSSR count). The van der Waals surface area contributed by atoms with Crippen molar-refractivity contribution in [2.24, 2.45) is 4.99 Å². The number of benzene rings is 2. The van der Waals surface area contributed by atoms with Crippen molar-refractivity contribution >= 4 is 21.7 Å². The minimum Gasteiger partial charge on any atom is -0.368 e. The summed E-state index contributed by atoms with van der Waals surface area (Å²) in [6, 6.07) is 14.1. The van der Waals surface area contributed by atoms with Gasteiger partial charge in [0.1, 0.15) is 5.82 Å². The van der Waals surface area contributed by atoms with E-state index >= 15 is 0 Å². The molecule has 2 aromatic rings. The molecule has 162 valence electrons. The highest BCUT2D eigenvalue weighted by molar-refractivity contribution is 7.88. The molecule has 0 radical (unpaired) electrons. The van der Waals surface area contributed by atoms with Gasteiger partial charge >= 0.3 is 0 Å². The Labute approximate surface area is 177 Å². The summed E-state index contributed by atoms with van der Waals surface area (Å²) in [5.74, 6) is 0.575. The number of hydrogen-bond donors (Lipinski definition) is 2. The predicted octanol–water partition coefficient (Wildman–Crippen LogP) is 1.77. The van der Waals surface area contributed by atoms with E-state index < -0.39 is 10.0 Å². The molecular weight excluding hydrogens is 405 g/mol. The van der Waals surface area contributed by atoms with Crippen LogP contribution < -0.4 is 14.9 Å². The SMILES string of the molecule is CN=C(NCc1ccc(CS(=O)(=O)NC)cc1)N1CCN(c2ccc(F)cc2)CC1. The van der Waals surface area contributed by atoms with E-state index in [1.165, 1.54) is 19.2 Å². The molecule has 0 saturated carbocycles. The van der Waals surface area contributed by atoms with Gasteiger partial charge in [0.2, 0.25) is 10.0 Å². The molecule has 1 saturated heterocycles. The van der Waals surface area contributed by atoms with Crippen molar-refractivity contribution in [2.75, 3.05) is 45.2 Å². The third-order valence-electron chi connectivity index (χ3n) is 5.12. The third-order valence-corrected chi connectivity index (χ3v) is 6.46. The topological polar surface area (TPSA) is 77.0 Å². The molecule has 0 spiro atoms. The van der Waals surface area contributed by atoms with Crippen molar-refractivity contribution in [1.82, 2.24) is 14.9 Å². The van der Waals surface area contributed by atoms with Crippen molar-refractivity contribution in [2.45, 2.75) is 12.3 Å². The van der Waals surface area contributed by atoms with E-state index in [-0.39, 0.29) is 11.6 Å². The summed E-state index contributed by atoms with van der Waals surface area (Å²) in [4.78, 5) is 8.83. The van der Waals surface area contributed by atoms with Crippen LogP contribution in [-0.2, 0) is 22.3 Å². The molecule has 30 heavy (non-hydrogen) atoms. The molecular formula is C21H28FN5O2S. The average Bonchev–Trinajstić information content (AvgIpc) is 2.76. The van der Waals surface area contributed by atoms with Gasteiger partial charge in [-0.1, -0.05) is 24.3 Å². The lowest BCUT2D eigenvalue weighted by molar-refractivity contribution is 0.372. The average molecular weight is 434 g/mol. The Bertz CT molecular complexity index is 954. The van der Waals surface area contributed by atoms with Gasteiger partial charge in [0, 0.05) is 45.5 Å². The summed E-state index contributed by atoms with van der Waals surface area (Å²) in [7, 11) is -0.0907. The Balaban J connectivity index is 1.51. The van der Waals surface area contributed by atoms with Crippen LogP contribution in [0.2, 0.25) is 0 Å². The molecule has 0 aliphatic carbocycles. The first-order valence-electron chi connectivity index (χ1n) is 9.85. The molecule has 0 unspecified atom stereocenters. The molecule has 1 heterocycles. The van der Waals surface area contributed by atoms with Gasteiger partial charge in [-0.15, -0.1) is 0 Å². The zero-order valence-electron chi connectivity index (χ0n) is 17.3. The highest BCUT2D eigenvalue weighted by atomic mass is 32.2. The fourth-order valence-corrected chi connectivity index (χ4v) is 4.16. The number of halogens is 1. The molecule has 0 bridgehead atoms. The van der Waals surface area contributed by atoms with Crippen LogP contribution in [0.1, 0.15) is 11.1 Å². The number of guanidine groups is 1. The van der Waals surface area contributed by atoms with Gasteiger partial charge in [0.25, 0.3) is 0 Å². The van der Waals surface area contributed by atoms with Crippen LogP contribution in [0.5, 0.6) is 0 Å². The summed E-state index contributed by atoms with van der Waals surface area (Å²) in [6.45, 7) is 3.90. The highest BCUT2D eigenvalue weighted by Crippen LogP contribution is 2.17. The first kappa shape index (κ1) is 22.0. The maximum absolute atomic E-state index is 13.1. The van der Waals surface area contributed by atoms with Crippen molar-refractivity contribution in [1.29, 1.82) is 0 Å². The second-order valence-electron chi connectivity index (χ2n) is 7.13. The Morgan fingerprint density at radius 3 is 2.17 bits per heavy atom. The van der Waals surface area contributed by atoms with Crippen LogP contribution in [-0.4, -0.2) is 59.6 Å². The number of rotatable bonds is 6. The van der Waals surface area contributed by atoms with E-state index in [1.807, 2.05) is 36.4 Å². The second kappa shape index (κ2) is 9.90. The summed E-state index contributed by atoms with van der Waals surface area (Å²) < 4.78 is 38.7. The molecule has 0 amide bonds. The Morgan fingerprint density at radius 2 is 1.60 bits per heavy atom. The highest BCUT2D eigenvalue weighted by Gasteiger charge is 2.19. The van der Waals surface area contributed by atoms with Gasteiger partial charge in [-0.25, -0.2) is 17.5 Å². The third kappa shape index (κ3) is 5.93. The van der Waals surface area contributed by atoms with Crippen LogP contribution in [0, 0.1) is 5.82 Å². The Kier molecular flexibility index (Phi) is 7.28. The minimum atomic E-state index is -3.27. The molecule has 9 heteroatoms. The van der Waals surface area contributed by atoms with E-state index in [1.54, 1.807) is 7.05 Å². The van der Waals surface area contributed by atoms with Crippen molar-refractivity contribution in [3.8, 4) is 0 Å². The van der Waals surface area contributed by atoms with Crippen molar-refractivity contribution in [3.63, 3.8) is 0 Å². The maximum Gasteiger partial charge on any atom is 0.215 e. The predicted molar refractivity (Wildman–Crippen MR) is 119 cm³/mol. The van der Waals surface area contributed by atoms with Gasteiger partial charge in [-0.3, -0.25) is 4.99 Å². The number of piperazine rings is 1. The first-order valence-corrected chi connectivity index (χ1v) is 11.5. The van der Waals surface area contributed by atoms with E-state index in [2.05, 4.69) is 24.8 Å². The fourth-order valence-electron chi connectivity index (χ4n) is 3.39. The number of hydrogen-bond acceptors (Lipinski definition) is 4. The van der Waals surface area contributed by atoms with Gasteiger partial charge in [-0.05, 0) is 42.4 Å². The quantitative estimate of drug-likeness (QED) is 0.536. The first-order chi connectivity index (χ1) is 14.4. The smallest absolute Gasteiger partial charge is 0.215 e. The lowest BCUT2D eigenvalue weighted by atomic mass is 10.1. The Morgan fingerprint density at radius 1 is 1.00 bits per heavy atom. The lowest BCUT2D eigenvalue weighted by Crippen LogP contribution is -2.52. The van der Waals surface area contributed by atoms with E-state index in [0.717, 1.165) is 49.0 Å². The number of anilines is 1. The molecule has 0 atom stereocenters. The van der Waals surface area contributed by atoms with Gasteiger partial charge < -0.3 is 15.1 Å². The molecule has 2 aromatic carbocycles. The molecule has 1 aliphatic heterocycles.